The van der Waals surface area contributed by atoms with Crippen LogP contribution in [0.4, 0.5) is 0 Å². The summed E-state index contributed by atoms with van der Waals surface area (Å²) in [6.45, 7) is 0.842. The Hall–Kier alpha value is -3.65. The number of hydrogen-bond acceptors (Lipinski definition) is 6. The van der Waals surface area contributed by atoms with E-state index < -0.39 is 0 Å². The number of amides is 1. The molecule has 0 aliphatic heterocycles. The molecular formula is C21H18ClN7O. The van der Waals surface area contributed by atoms with E-state index in [0.717, 1.165) is 16.7 Å². The van der Waals surface area contributed by atoms with Crippen molar-refractivity contribution in [3.8, 4) is 11.4 Å². The quantitative estimate of drug-likeness (QED) is 0.457. The monoisotopic (exact) mass is 419 g/mol. The number of aromatic nitrogens is 6. The number of carbonyl (C=O) groups excluding carboxylic acids is 1. The van der Waals surface area contributed by atoms with Crippen molar-refractivity contribution in [2.24, 2.45) is 0 Å². The van der Waals surface area contributed by atoms with Crippen LogP contribution >= 0.6 is 11.6 Å². The number of pyridine rings is 2. The van der Waals surface area contributed by atoms with E-state index >= 15 is 0 Å². The average Bonchev–Trinajstić information content (AvgIpc) is 3.23. The molecule has 1 aromatic carbocycles. The van der Waals surface area contributed by atoms with Crippen molar-refractivity contribution in [3.63, 3.8) is 0 Å². The van der Waals surface area contributed by atoms with E-state index in [1.54, 1.807) is 41.8 Å². The molecule has 3 aromatic heterocycles. The Balaban J connectivity index is 1.50. The lowest BCUT2D eigenvalue weighted by molar-refractivity contribution is -0.133. The fourth-order valence-corrected chi connectivity index (χ4v) is 3.02. The predicted octanol–water partition coefficient (Wildman–Crippen LogP) is 3.01. The van der Waals surface area contributed by atoms with Crippen LogP contribution in [0, 0.1) is 0 Å². The van der Waals surface area contributed by atoms with E-state index in [2.05, 4.69) is 25.4 Å². The molecule has 0 atom stereocenters. The molecule has 4 aromatic rings. The third-order valence-electron chi connectivity index (χ3n) is 4.40. The first-order valence-electron chi connectivity index (χ1n) is 9.27. The molecule has 3 heterocycles. The molecule has 0 N–H and O–H groups in total. The first kappa shape index (κ1) is 19.7. The minimum Gasteiger partial charge on any atom is -0.332 e. The Labute approximate surface area is 178 Å². The van der Waals surface area contributed by atoms with E-state index in [9.17, 15) is 4.79 Å². The summed E-state index contributed by atoms with van der Waals surface area (Å²) >= 11 is 5.92. The molecule has 0 unspecified atom stereocenters. The third-order valence-corrected chi connectivity index (χ3v) is 4.66. The summed E-state index contributed by atoms with van der Waals surface area (Å²) < 4.78 is 0. The Bertz CT molecular complexity index is 1060. The predicted molar refractivity (Wildman–Crippen MR) is 111 cm³/mol. The number of benzene rings is 1. The van der Waals surface area contributed by atoms with Crippen LogP contribution in [0.5, 0.6) is 0 Å². The highest BCUT2D eigenvalue weighted by molar-refractivity contribution is 6.30. The van der Waals surface area contributed by atoms with E-state index in [4.69, 9.17) is 11.6 Å². The van der Waals surface area contributed by atoms with Crippen molar-refractivity contribution < 1.29 is 4.79 Å². The molecule has 0 aliphatic carbocycles. The molecule has 4 rings (SSSR count). The Morgan fingerprint density at radius 1 is 0.933 bits per heavy atom. The number of hydrogen-bond donors (Lipinski definition) is 0. The molecule has 1 amide bonds. The highest BCUT2D eigenvalue weighted by Crippen LogP contribution is 2.17. The van der Waals surface area contributed by atoms with Gasteiger partial charge in [-0.15, -0.1) is 10.2 Å². The van der Waals surface area contributed by atoms with Crippen molar-refractivity contribution in [2.75, 3.05) is 0 Å². The van der Waals surface area contributed by atoms with Crippen LogP contribution in [0.15, 0.2) is 73.3 Å². The van der Waals surface area contributed by atoms with Gasteiger partial charge in [-0.25, -0.2) is 0 Å². The van der Waals surface area contributed by atoms with Gasteiger partial charge in [0.15, 0.2) is 0 Å². The minimum absolute atomic E-state index is 0.0219. The topological polar surface area (TPSA) is 89.7 Å². The van der Waals surface area contributed by atoms with Gasteiger partial charge >= 0.3 is 0 Å². The second-order valence-corrected chi connectivity index (χ2v) is 7.05. The maximum absolute atomic E-state index is 13.1. The lowest BCUT2D eigenvalue weighted by Crippen LogP contribution is -2.33. The molecule has 8 nitrogen and oxygen atoms in total. The van der Waals surface area contributed by atoms with Crippen LogP contribution in [-0.2, 0) is 24.4 Å². The molecule has 150 valence electrons. The minimum atomic E-state index is -0.129. The van der Waals surface area contributed by atoms with Crippen molar-refractivity contribution in [1.29, 1.82) is 0 Å². The second kappa shape index (κ2) is 9.23. The molecule has 0 bridgehead atoms. The van der Waals surface area contributed by atoms with E-state index in [1.165, 1.54) is 4.80 Å². The van der Waals surface area contributed by atoms with E-state index in [-0.39, 0.29) is 12.5 Å². The summed E-state index contributed by atoms with van der Waals surface area (Å²) in [7, 11) is 0. The summed E-state index contributed by atoms with van der Waals surface area (Å²) in [5, 5.41) is 13.0. The van der Waals surface area contributed by atoms with Gasteiger partial charge in [0.05, 0.1) is 0 Å². The lowest BCUT2D eigenvalue weighted by atomic mass is 10.2. The number of nitrogens with zero attached hydrogens (tertiary/aromatic N) is 7. The van der Waals surface area contributed by atoms with Crippen molar-refractivity contribution in [3.05, 3.63) is 89.5 Å². The number of tetrazole rings is 1. The smallest absolute Gasteiger partial charge is 0.246 e. The first-order chi connectivity index (χ1) is 14.7. The summed E-state index contributed by atoms with van der Waals surface area (Å²) in [5.74, 6) is 0.308. The Morgan fingerprint density at radius 3 is 2.43 bits per heavy atom. The van der Waals surface area contributed by atoms with Gasteiger partial charge in [0.2, 0.25) is 11.7 Å². The van der Waals surface area contributed by atoms with Crippen LogP contribution in [0.2, 0.25) is 5.02 Å². The highest BCUT2D eigenvalue weighted by Gasteiger charge is 2.17. The standard InChI is InChI=1S/C21H18ClN7O/c22-19-5-3-18(4-6-19)21-25-27-29(26-21)15-20(30)28(13-16-7-10-23-11-8-16)14-17-2-1-9-24-12-17/h1-12H,13-15H2. The van der Waals surface area contributed by atoms with Crippen molar-refractivity contribution >= 4 is 17.5 Å². The second-order valence-electron chi connectivity index (χ2n) is 6.62. The summed E-state index contributed by atoms with van der Waals surface area (Å²) in [4.78, 5) is 24.3. The first-order valence-corrected chi connectivity index (χ1v) is 9.64. The molecule has 0 saturated heterocycles. The lowest BCUT2D eigenvalue weighted by Gasteiger charge is -2.22. The van der Waals surface area contributed by atoms with Crippen LogP contribution in [0.25, 0.3) is 11.4 Å². The maximum atomic E-state index is 13.1. The fraction of sp³-hybridized carbons (Fsp3) is 0.143. The molecule has 30 heavy (non-hydrogen) atoms. The fourth-order valence-electron chi connectivity index (χ4n) is 2.90. The molecular weight excluding hydrogens is 402 g/mol. The SMILES string of the molecule is O=C(Cn1nnc(-c2ccc(Cl)cc2)n1)N(Cc1ccncc1)Cc1cccnc1. The van der Waals surface area contributed by atoms with Gasteiger partial charge < -0.3 is 4.90 Å². The Kier molecular flexibility index (Phi) is 6.05. The Morgan fingerprint density at radius 2 is 1.70 bits per heavy atom. The van der Waals surface area contributed by atoms with Crippen LogP contribution < -0.4 is 0 Å². The van der Waals surface area contributed by atoms with Gasteiger partial charge in [-0.2, -0.15) is 4.80 Å². The van der Waals surface area contributed by atoms with Crippen molar-refractivity contribution in [1.82, 2.24) is 35.1 Å². The largest absolute Gasteiger partial charge is 0.332 e. The zero-order chi connectivity index (χ0) is 20.8. The third kappa shape index (κ3) is 5.03. The summed E-state index contributed by atoms with van der Waals surface area (Å²) in [6, 6.07) is 14.7. The van der Waals surface area contributed by atoms with Gasteiger partial charge in [-0.1, -0.05) is 17.7 Å². The van der Waals surface area contributed by atoms with Crippen LogP contribution in [0.1, 0.15) is 11.1 Å². The molecule has 0 aliphatic rings. The molecule has 9 heteroatoms. The maximum Gasteiger partial charge on any atom is 0.246 e. The number of carbonyl (C=O) groups is 1. The molecule has 0 spiro atoms. The highest BCUT2D eigenvalue weighted by atomic mass is 35.5. The molecule has 0 fully saturated rings. The molecule has 0 saturated carbocycles. The van der Waals surface area contributed by atoms with Crippen LogP contribution in [-0.4, -0.2) is 41.0 Å². The zero-order valence-electron chi connectivity index (χ0n) is 16.0. The number of rotatable bonds is 7. The van der Waals surface area contributed by atoms with E-state index in [1.807, 2.05) is 36.4 Å². The average molecular weight is 420 g/mol. The molecule has 0 radical (unpaired) electrons. The summed E-state index contributed by atoms with van der Waals surface area (Å²) in [6.07, 6.45) is 6.87. The van der Waals surface area contributed by atoms with Gasteiger partial charge in [0.1, 0.15) is 6.54 Å². The van der Waals surface area contributed by atoms with Crippen LogP contribution in [0.3, 0.4) is 0 Å². The van der Waals surface area contributed by atoms with Gasteiger partial charge in [0.25, 0.3) is 0 Å². The van der Waals surface area contributed by atoms with Gasteiger partial charge in [-0.05, 0) is 58.8 Å². The normalized spacial score (nSPS) is 10.7. The number of halogens is 1. The summed E-state index contributed by atoms with van der Waals surface area (Å²) in [5.41, 5.74) is 2.70. The van der Waals surface area contributed by atoms with Gasteiger partial charge in [0, 0.05) is 48.5 Å². The zero-order valence-corrected chi connectivity index (χ0v) is 16.7. The van der Waals surface area contributed by atoms with Gasteiger partial charge in [-0.3, -0.25) is 14.8 Å². The van der Waals surface area contributed by atoms with Crippen molar-refractivity contribution in [2.45, 2.75) is 19.6 Å². The van der Waals surface area contributed by atoms with E-state index in [0.29, 0.717) is 23.9 Å².